The summed E-state index contributed by atoms with van der Waals surface area (Å²) in [5.41, 5.74) is 0. The number of hydrogen-bond acceptors (Lipinski definition) is 3. The van der Waals surface area contributed by atoms with Crippen molar-refractivity contribution in [2.24, 2.45) is 11.8 Å². The van der Waals surface area contributed by atoms with E-state index in [1.54, 1.807) is 0 Å². The van der Waals surface area contributed by atoms with E-state index in [4.69, 9.17) is 0 Å². The first-order chi connectivity index (χ1) is 5.25. The third kappa shape index (κ3) is 1.93. The van der Waals surface area contributed by atoms with Gasteiger partial charge in [0.25, 0.3) is 0 Å². The van der Waals surface area contributed by atoms with Crippen molar-refractivity contribution >= 4 is 5.97 Å². The SMILES string of the molecule is COC(=O)C1CNCC[C@@H]1C. The van der Waals surface area contributed by atoms with Crippen LogP contribution in [-0.2, 0) is 9.53 Å². The minimum atomic E-state index is -0.0790. The number of rotatable bonds is 1. The maximum atomic E-state index is 11.1. The zero-order valence-corrected chi connectivity index (χ0v) is 7.09. The Hall–Kier alpha value is -0.570. The molecule has 64 valence electrons. The first kappa shape index (κ1) is 8.53. The topological polar surface area (TPSA) is 38.3 Å². The normalized spacial score (nSPS) is 31.5. The van der Waals surface area contributed by atoms with Crippen molar-refractivity contribution in [3.8, 4) is 0 Å². The van der Waals surface area contributed by atoms with Crippen LogP contribution in [0.2, 0.25) is 0 Å². The van der Waals surface area contributed by atoms with Gasteiger partial charge in [0.15, 0.2) is 0 Å². The molecule has 11 heavy (non-hydrogen) atoms. The third-order valence-electron chi connectivity index (χ3n) is 2.33. The van der Waals surface area contributed by atoms with Gasteiger partial charge in [-0.2, -0.15) is 0 Å². The summed E-state index contributed by atoms with van der Waals surface area (Å²) in [4.78, 5) is 11.1. The van der Waals surface area contributed by atoms with Gasteiger partial charge in [0, 0.05) is 6.54 Å². The van der Waals surface area contributed by atoms with E-state index < -0.39 is 0 Å². The molecule has 3 heteroatoms. The van der Waals surface area contributed by atoms with Gasteiger partial charge in [0.1, 0.15) is 0 Å². The van der Waals surface area contributed by atoms with E-state index in [-0.39, 0.29) is 11.9 Å². The summed E-state index contributed by atoms with van der Waals surface area (Å²) in [7, 11) is 1.45. The second-order valence-electron chi connectivity index (χ2n) is 3.10. The molecule has 0 aliphatic carbocycles. The molecule has 0 amide bonds. The maximum absolute atomic E-state index is 11.1. The highest BCUT2D eigenvalue weighted by molar-refractivity contribution is 5.73. The zero-order valence-electron chi connectivity index (χ0n) is 7.09. The molecule has 2 atom stereocenters. The van der Waals surface area contributed by atoms with Crippen LogP contribution < -0.4 is 5.32 Å². The number of piperidine rings is 1. The van der Waals surface area contributed by atoms with Crippen molar-refractivity contribution in [2.45, 2.75) is 13.3 Å². The predicted octanol–water partition coefficient (Wildman–Crippen LogP) is 0.405. The van der Waals surface area contributed by atoms with Crippen LogP contribution in [0.4, 0.5) is 0 Å². The highest BCUT2D eigenvalue weighted by Crippen LogP contribution is 2.18. The molecule has 0 bridgehead atoms. The van der Waals surface area contributed by atoms with Gasteiger partial charge in [-0.15, -0.1) is 0 Å². The van der Waals surface area contributed by atoms with Crippen LogP contribution in [0.1, 0.15) is 13.3 Å². The molecule has 1 unspecified atom stereocenters. The van der Waals surface area contributed by atoms with Gasteiger partial charge in [-0.05, 0) is 18.9 Å². The fourth-order valence-corrected chi connectivity index (χ4v) is 1.46. The number of ether oxygens (including phenoxy) is 1. The molecule has 0 spiro atoms. The monoisotopic (exact) mass is 157 g/mol. The summed E-state index contributed by atoms with van der Waals surface area (Å²) >= 11 is 0. The second-order valence-corrected chi connectivity index (χ2v) is 3.10. The van der Waals surface area contributed by atoms with Crippen molar-refractivity contribution in [3.63, 3.8) is 0 Å². The number of hydrogen-bond donors (Lipinski definition) is 1. The quantitative estimate of drug-likeness (QED) is 0.560. The Morgan fingerprint density at radius 2 is 2.36 bits per heavy atom. The van der Waals surface area contributed by atoms with Gasteiger partial charge in [0.05, 0.1) is 13.0 Å². The Morgan fingerprint density at radius 1 is 1.64 bits per heavy atom. The van der Waals surface area contributed by atoms with Crippen molar-refractivity contribution in [3.05, 3.63) is 0 Å². The Morgan fingerprint density at radius 3 is 2.91 bits per heavy atom. The Balaban J connectivity index is 2.47. The van der Waals surface area contributed by atoms with Gasteiger partial charge in [0.2, 0.25) is 0 Å². The van der Waals surface area contributed by atoms with Crippen molar-refractivity contribution in [1.82, 2.24) is 5.32 Å². The van der Waals surface area contributed by atoms with Crippen molar-refractivity contribution < 1.29 is 9.53 Å². The predicted molar refractivity (Wildman–Crippen MR) is 42.2 cm³/mol. The fraction of sp³-hybridized carbons (Fsp3) is 0.875. The molecule has 1 aliphatic rings. The molecule has 1 rings (SSSR count). The summed E-state index contributed by atoms with van der Waals surface area (Å²) < 4.78 is 4.68. The van der Waals surface area contributed by atoms with Gasteiger partial charge in [-0.1, -0.05) is 6.92 Å². The molecular weight excluding hydrogens is 142 g/mol. The molecule has 1 saturated heterocycles. The van der Waals surface area contributed by atoms with Crippen LogP contribution in [0.5, 0.6) is 0 Å². The van der Waals surface area contributed by atoms with E-state index >= 15 is 0 Å². The molecule has 3 nitrogen and oxygen atoms in total. The number of carbonyl (C=O) groups excluding carboxylic acids is 1. The van der Waals surface area contributed by atoms with Gasteiger partial charge in [-0.25, -0.2) is 0 Å². The molecule has 1 fully saturated rings. The molecular formula is C8H15NO2. The lowest BCUT2D eigenvalue weighted by Crippen LogP contribution is -2.40. The second kappa shape index (κ2) is 3.72. The van der Waals surface area contributed by atoms with Gasteiger partial charge in [-0.3, -0.25) is 4.79 Å². The molecule has 0 aromatic carbocycles. The van der Waals surface area contributed by atoms with E-state index in [2.05, 4.69) is 17.0 Å². The fourth-order valence-electron chi connectivity index (χ4n) is 1.46. The summed E-state index contributed by atoms with van der Waals surface area (Å²) in [5, 5.41) is 3.18. The lowest BCUT2D eigenvalue weighted by Gasteiger charge is -2.26. The van der Waals surface area contributed by atoms with Crippen molar-refractivity contribution in [2.75, 3.05) is 20.2 Å². The summed E-state index contributed by atoms with van der Waals surface area (Å²) in [6.07, 6.45) is 1.07. The summed E-state index contributed by atoms with van der Waals surface area (Å²) in [6.45, 7) is 3.89. The minimum absolute atomic E-state index is 0.0637. The third-order valence-corrected chi connectivity index (χ3v) is 2.33. The van der Waals surface area contributed by atoms with Crippen LogP contribution in [0, 0.1) is 11.8 Å². The van der Waals surface area contributed by atoms with Crippen LogP contribution in [0.15, 0.2) is 0 Å². The number of nitrogens with one attached hydrogen (secondary N) is 1. The van der Waals surface area contributed by atoms with Crippen LogP contribution in [0.25, 0.3) is 0 Å². The Bertz CT molecular complexity index is 147. The Labute approximate surface area is 67.1 Å². The van der Waals surface area contributed by atoms with Gasteiger partial charge >= 0.3 is 5.97 Å². The molecule has 1 aliphatic heterocycles. The van der Waals surface area contributed by atoms with E-state index in [1.165, 1.54) is 7.11 Å². The average molecular weight is 157 g/mol. The van der Waals surface area contributed by atoms with E-state index in [1.807, 2.05) is 0 Å². The van der Waals surface area contributed by atoms with Crippen LogP contribution in [-0.4, -0.2) is 26.2 Å². The molecule has 1 N–H and O–H groups in total. The smallest absolute Gasteiger partial charge is 0.310 e. The number of carbonyl (C=O) groups is 1. The Kier molecular flexibility index (Phi) is 2.88. The first-order valence-corrected chi connectivity index (χ1v) is 4.04. The molecule has 0 aromatic heterocycles. The van der Waals surface area contributed by atoms with Crippen LogP contribution in [0.3, 0.4) is 0 Å². The average Bonchev–Trinajstić information content (AvgIpc) is 2.04. The van der Waals surface area contributed by atoms with E-state index in [0.29, 0.717) is 5.92 Å². The maximum Gasteiger partial charge on any atom is 0.310 e. The molecule has 0 saturated carbocycles. The van der Waals surface area contributed by atoms with Crippen molar-refractivity contribution in [1.29, 1.82) is 0 Å². The first-order valence-electron chi connectivity index (χ1n) is 4.04. The van der Waals surface area contributed by atoms with E-state index in [9.17, 15) is 4.79 Å². The standard InChI is InChI=1S/C8H15NO2/c1-6-3-4-9-5-7(6)8(10)11-2/h6-7,9H,3-5H2,1-2H3/t6-,7?/m0/s1. The van der Waals surface area contributed by atoms with E-state index in [0.717, 1.165) is 19.5 Å². The van der Waals surface area contributed by atoms with Gasteiger partial charge < -0.3 is 10.1 Å². The minimum Gasteiger partial charge on any atom is -0.469 e. The highest BCUT2D eigenvalue weighted by Gasteiger charge is 2.27. The largest absolute Gasteiger partial charge is 0.469 e. The lowest BCUT2D eigenvalue weighted by atomic mass is 9.88. The summed E-state index contributed by atoms with van der Waals surface area (Å²) in [6, 6.07) is 0. The zero-order chi connectivity index (χ0) is 8.27. The molecule has 0 radical (unpaired) electrons. The number of esters is 1. The summed E-state index contributed by atoms with van der Waals surface area (Å²) in [5.74, 6) is 0.446. The van der Waals surface area contributed by atoms with Crippen LogP contribution >= 0.6 is 0 Å². The number of methoxy groups -OCH3 is 1. The lowest BCUT2D eigenvalue weighted by molar-refractivity contribution is -0.147. The molecule has 1 heterocycles. The highest BCUT2D eigenvalue weighted by atomic mass is 16.5. The molecule has 0 aromatic rings.